The number of nitrogens with zero attached hydrogens (tertiary/aromatic N) is 6. The monoisotopic (exact) mass is 452 g/mol. The van der Waals surface area contributed by atoms with Gasteiger partial charge in [0.25, 0.3) is 5.89 Å². The van der Waals surface area contributed by atoms with E-state index in [0.29, 0.717) is 29.2 Å². The average molecular weight is 453 g/mol. The molecule has 0 saturated carbocycles. The third-order valence-electron chi connectivity index (χ3n) is 4.84. The fourth-order valence-corrected chi connectivity index (χ4v) is 4.12. The summed E-state index contributed by atoms with van der Waals surface area (Å²) in [6, 6.07) is 11.6. The highest BCUT2D eigenvalue weighted by molar-refractivity contribution is 7.99. The van der Waals surface area contributed by atoms with Crippen LogP contribution in [0.4, 0.5) is 0 Å². The Kier molecular flexibility index (Phi) is 7.00. The SMILES string of the molecule is CCCN(Cc1nnc(-c2ccco2)o1)C(=O)CSc1nncn1-c1ccccc1CC. The van der Waals surface area contributed by atoms with Crippen molar-refractivity contribution in [3.63, 3.8) is 0 Å². The molecule has 4 rings (SSSR count). The van der Waals surface area contributed by atoms with E-state index in [4.69, 9.17) is 8.83 Å². The van der Waals surface area contributed by atoms with Crippen LogP contribution in [0.5, 0.6) is 0 Å². The largest absolute Gasteiger partial charge is 0.459 e. The summed E-state index contributed by atoms with van der Waals surface area (Å²) in [5, 5.41) is 17.0. The van der Waals surface area contributed by atoms with Crippen molar-refractivity contribution < 1.29 is 13.6 Å². The Bertz CT molecular complexity index is 1150. The molecule has 10 heteroatoms. The number of aryl methyl sites for hydroxylation is 1. The summed E-state index contributed by atoms with van der Waals surface area (Å²) >= 11 is 1.36. The van der Waals surface area contributed by atoms with Crippen LogP contribution in [0.2, 0.25) is 0 Å². The fraction of sp³-hybridized carbons (Fsp3) is 0.318. The number of aromatic nitrogens is 5. The minimum Gasteiger partial charge on any atom is -0.459 e. The quantitative estimate of drug-likeness (QED) is 0.333. The van der Waals surface area contributed by atoms with Crippen molar-refractivity contribution in [1.82, 2.24) is 29.9 Å². The van der Waals surface area contributed by atoms with Gasteiger partial charge < -0.3 is 13.7 Å². The highest BCUT2D eigenvalue weighted by Gasteiger charge is 2.20. The van der Waals surface area contributed by atoms with Gasteiger partial charge in [0.15, 0.2) is 10.9 Å². The van der Waals surface area contributed by atoms with E-state index >= 15 is 0 Å². The second-order valence-electron chi connectivity index (χ2n) is 7.05. The molecule has 4 aromatic rings. The van der Waals surface area contributed by atoms with E-state index < -0.39 is 0 Å². The molecule has 32 heavy (non-hydrogen) atoms. The van der Waals surface area contributed by atoms with E-state index in [1.807, 2.05) is 29.7 Å². The summed E-state index contributed by atoms with van der Waals surface area (Å²) in [5.41, 5.74) is 2.22. The molecule has 9 nitrogen and oxygen atoms in total. The first-order valence-electron chi connectivity index (χ1n) is 10.4. The van der Waals surface area contributed by atoms with Crippen LogP contribution in [0.1, 0.15) is 31.7 Å². The summed E-state index contributed by atoms with van der Waals surface area (Å²) in [5.74, 6) is 1.35. The van der Waals surface area contributed by atoms with Crippen LogP contribution in [-0.2, 0) is 17.8 Å². The number of furan rings is 1. The normalized spacial score (nSPS) is 11.1. The smallest absolute Gasteiger partial charge is 0.283 e. The number of thioether (sulfide) groups is 1. The first-order chi connectivity index (χ1) is 15.7. The lowest BCUT2D eigenvalue weighted by molar-refractivity contribution is -0.129. The molecule has 0 atom stereocenters. The number of benzene rings is 1. The summed E-state index contributed by atoms with van der Waals surface area (Å²) in [7, 11) is 0. The molecule has 3 heterocycles. The first kappa shape index (κ1) is 21.8. The van der Waals surface area contributed by atoms with Crippen LogP contribution in [0, 0.1) is 0 Å². The van der Waals surface area contributed by atoms with Crippen molar-refractivity contribution in [2.45, 2.75) is 38.4 Å². The van der Waals surface area contributed by atoms with Gasteiger partial charge in [-0.15, -0.1) is 20.4 Å². The molecular formula is C22H24N6O3S. The summed E-state index contributed by atoms with van der Waals surface area (Å²) < 4.78 is 12.9. The lowest BCUT2D eigenvalue weighted by atomic mass is 10.1. The third-order valence-corrected chi connectivity index (χ3v) is 5.77. The van der Waals surface area contributed by atoms with E-state index in [2.05, 4.69) is 33.4 Å². The zero-order valence-corrected chi connectivity index (χ0v) is 18.8. The molecule has 0 fully saturated rings. The molecule has 0 aliphatic heterocycles. The standard InChI is InChI=1S/C22H24N6O3S/c1-3-11-27(13-19-24-25-21(31-19)18-10-7-12-30-18)20(29)14-32-22-26-23-15-28(22)17-9-6-5-8-16(17)4-2/h5-10,12,15H,3-4,11,13-14H2,1-2H3. The minimum atomic E-state index is -0.0343. The molecule has 0 N–H and O–H groups in total. The molecular weight excluding hydrogens is 428 g/mol. The van der Waals surface area contributed by atoms with Crippen LogP contribution < -0.4 is 0 Å². The Labute approximate surface area is 189 Å². The van der Waals surface area contributed by atoms with Crippen molar-refractivity contribution in [2.24, 2.45) is 0 Å². The van der Waals surface area contributed by atoms with Crippen molar-refractivity contribution >= 4 is 17.7 Å². The van der Waals surface area contributed by atoms with Crippen molar-refractivity contribution in [3.05, 3.63) is 60.4 Å². The van der Waals surface area contributed by atoms with Gasteiger partial charge in [-0.2, -0.15) is 0 Å². The van der Waals surface area contributed by atoms with Crippen LogP contribution >= 0.6 is 11.8 Å². The number of amides is 1. The van der Waals surface area contributed by atoms with Crippen LogP contribution in [0.15, 0.2) is 63.0 Å². The Morgan fingerprint density at radius 3 is 2.78 bits per heavy atom. The maximum absolute atomic E-state index is 13.0. The molecule has 0 aliphatic rings. The third kappa shape index (κ3) is 4.91. The van der Waals surface area contributed by atoms with Crippen LogP contribution in [0.25, 0.3) is 17.3 Å². The van der Waals surface area contributed by atoms with Crippen molar-refractivity contribution in [1.29, 1.82) is 0 Å². The molecule has 1 amide bonds. The minimum absolute atomic E-state index is 0.0343. The van der Waals surface area contributed by atoms with Gasteiger partial charge in [-0.25, -0.2) is 0 Å². The fourth-order valence-electron chi connectivity index (χ4n) is 3.29. The molecule has 0 radical (unpaired) electrons. The Hall–Kier alpha value is -3.40. The zero-order chi connectivity index (χ0) is 22.3. The van der Waals surface area contributed by atoms with E-state index in [9.17, 15) is 4.79 Å². The van der Waals surface area contributed by atoms with E-state index in [-0.39, 0.29) is 18.2 Å². The number of para-hydroxylation sites is 1. The topological polar surface area (TPSA) is 103 Å². The van der Waals surface area contributed by atoms with Crippen LogP contribution in [-0.4, -0.2) is 48.1 Å². The van der Waals surface area contributed by atoms with Crippen LogP contribution in [0.3, 0.4) is 0 Å². The van der Waals surface area contributed by atoms with Gasteiger partial charge >= 0.3 is 0 Å². The Balaban J connectivity index is 1.43. The summed E-state index contributed by atoms with van der Waals surface area (Å²) in [6.45, 7) is 4.96. The number of rotatable bonds is 10. The zero-order valence-electron chi connectivity index (χ0n) is 18.0. The lowest BCUT2D eigenvalue weighted by Gasteiger charge is -2.20. The number of carbonyl (C=O) groups excluding carboxylic acids is 1. The van der Waals surface area contributed by atoms with E-state index in [1.165, 1.54) is 17.3 Å². The highest BCUT2D eigenvalue weighted by atomic mass is 32.2. The Morgan fingerprint density at radius 2 is 2.00 bits per heavy atom. The molecule has 166 valence electrons. The van der Waals surface area contributed by atoms with E-state index in [0.717, 1.165) is 18.5 Å². The maximum Gasteiger partial charge on any atom is 0.283 e. The summed E-state index contributed by atoms with van der Waals surface area (Å²) in [4.78, 5) is 14.7. The Morgan fingerprint density at radius 1 is 1.12 bits per heavy atom. The van der Waals surface area contributed by atoms with Gasteiger partial charge in [0.1, 0.15) is 6.33 Å². The van der Waals surface area contributed by atoms with Gasteiger partial charge in [0, 0.05) is 6.54 Å². The maximum atomic E-state index is 13.0. The molecule has 0 saturated heterocycles. The van der Waals surface area contributed by atoms with Crippen molar-refractivity contribution in [3.8, 4) is 17.3 Å². The van der Waals surface area contributed by atoms with Gasteiger partial charge in [-0.3, -0.25) is 9.36 Å². The highest BCUT2D eigenvalue weighted by Crippen LogP contribution is 2.23. The average Bonchev–Trinajstić information content (AvgIpc) is 3.58. The molecule has 0 spiro atoms. The molecule has 1 aromatic carbocycles. The number of carbonyl (C=O) groups is 1. The van der Waals surface area contributed by atoms with Gasteiger partial charge in [0.05, 0.1) is 24.2 Å². The predicted octanol–water partition coefficient (Wildman–Crippen LogP) is 4.00. The second-order valence-corrected chi connectivity index (χ2v) is 7.99. The van der Waals surface area contributed by atoms with Gasteiger partial charge in [0.2, 0.25) is 11.8 Å². The molecule has 0 unspecified atom stereocenters. The molecule has 0 aliphatic carbocycles. The first-order valence-corrected chi connectivity index (χ1v) is 11.4. The van der Waals surface area contributed by atoms with Gasteiger partial charge in [-0.1, -0.05) is 43.8 Å². The van der Waals surface area contributed by atoms with Crippen molar-refractivity contribution in [2.75, 3.05) is 12.3 Å². The van der Waals surface area contributed by atoms with E-state index in [1.54, 1.807) is 29.6 Å². The molecule has 0 bridgehead atoms. The second kappa shape index (κ2) is 10.3. The summed E-state index contributed by atoms with van der Waals surface area (Å²) in [6.07, 6.45) is 4.93. The number of hydrogen-bond acceptors (Lipinski definition) is 8. The lowest BCUT2D eigenvalue weighted by Crippen LogP contribution is -2.32. The van der Waals surface area contributed by atoms with Gasteiger partial charge in [-0.05, 0) is 36.6 Å². The predicted molar refractivity (Wildman–Crippen MR) is 119 cm³/mol. The molecule has 3 aromatic heterocycles. The number of hydrogen-bond donors (Lipinski definition) is 0.